The first kappa shape index (κ1) is 27.9. The van der Waals surface area contributed by atoms with Gasteiger partial charge in [0.1, 0.15) is 11.6 Å². The molecule has 210 valence electrons. The molecule has 1 amide bonds. The van der Waals surface area contributed by atoms with Crippen molar-refractivity contribution in [1.82, 2.24) is 10.3 Å². The number of hydrogen-bond acceptors (Lipinski definition) is 7. The van der Waals surface area contributed by atoms with E-state index in [9.17, 15) is 19.0 Å². The number of benzene rings is 3. The first-order chi connectivity index (χ1) is 19.1. The molecule has 9 heteroatoms. The smallest absolute Gasteiger partial charge is 0.255 e. The number of aryl methyl sites for hydroxylation is 1. The summed E-state index contributed by atoms with van der Waals surface area (Å²) < 4.78 is 27.7. The molecule has 1 aliphatic rings. The number of para-hydroxylation sites is 2. The Morgan fingerprint density at radius 1 is 1.10 bits per heavy atom. The molecule has 0 bridgehead atoms. The highest BCUT2D eigenvalue weighted by Gasteiger charge is 2.30. The van der Waals surface area contributed by atoms with Gasteiger partial charge in [-0.2, -0.15) is 10.6 Å². The average Bonchev–Trinajstić information content (AvgIpc) is 3.08. The summed E-state index contributed by atoms with van der Waals surface area (Å²) in [7, 11) is -1.28. The molecule has 40 heavy (non-hydrogen) atoms. The summed E-state index contributed by atoms with van der Waals surface area (Å²) in [6.45, 7) is 5.14. The maximum atomic E-state index is 12.8. The maximum Gasteiger partial charge on any atom is 0.255 e. The lowest BCUT2D eigenvalue weighted by Crippen LogP contribution is -2.44. The molecule has 0 saturated heterocycles. The van der Waals surface area contributed by atoms with Gasteiger partial charge in [0.2, 0.25) is 0 Å². The van der Waals surface area contributed by atoms with Gasteiger partial charge in [0.05, 0.1) is 27.3 Å². The largest absolute Gasteiger partial charge is 0.507 e. The van der Waals surface area contributed by atoms with Crippen LogP contribution < -0.4 is 10.2 Å². The number of phenolic OH excluding ortho intramolecular Hbond substituents is 1. The molecule has 4 N–H and O–H groups in total. The van der Waals surface area contributed by atoms with Gasteiger partial charge in [0, 0.05) is 38.6 Å². The van der Waals surface area contributed by atoms with Crippen LogP contribution in [0.15, 0.2) is 77.7 Å². The predicted molar refractivity (Wildman–Crippen MR) is 160 cm³/mol. The minimum Gasteiger partial charge on any atom is -0.507 e. The molecule has 4 aromatic rings. The fourth-order valence-corrected chi connectivity index (χ4v) is 6.72. The Hall–Kier alpha value is -3.63. The molecule has 1 aliphatic heterocycles. The SMILES string of the molecule is COC(C)(CNC(=O)c1ccccc1O)Cc1cc(N2CCS(O)(O)c3ccccc3C2)nc2c(C)cccc12. The Bertz CT molecular complexity index is 1560. The first-order valence-electron chi connectivity index (χ1n) is 13.2. The quantitative estimate of drug-likeness (QED) is 0.227. The highest BCUT2D eigenvalue weighted by Crippen LogP contribution is 2.51. The molecule has 3 aromatic carbocycles. The Balaban J connectivity index is 1.48. The molecule has 0 spiro atoms. The van der Waals surface area contributed by atoms with E-state index in [1.807, 2.05) is 56.3 Å². The number of aromatic nitrogens is 1. The zero-order valence-electron chi connectivity index (χ0n) is 22.9. The Labute approximate surface area is 236 Å². The van der Waals surface area contributed by atoms with Crippen molar-refractivity contribution < 1.29 is 23.7 Å². The van der Waals surface area contributed by atoms with Crippen LogP contribution in [-0.4, -0.2) is 56.7 Å². The molecule has 5 rings (SSSR count). The lowest BCUT2D eigenvalue weighted by molar-refractivity contribution is 0.00763. The molecule has 0 radical (unpaired) electrons. The Morgan fingerprint density at radius 3 is 2.62 bits per heavy atom. The Morgan fingerprint density at radius 2 is 1.85 bits per heavy atom. The normalized spacial score (nSPS) is 17.0. The third-order valence-corrected chi connectivity index (χ3v) is 9.45. The van der Waals surface area contributed by atoms with E-state index in [1.165, 1.54) is 6.07 Å². The van der Waals surface area contributed by atoms with E-state index >= 15 is 0 Å². The van der Waals surface area contributed by atoms with Crippen molar-refractivity contribution >= 4 is 33.2 Å². The number of nitrogens with one attached hydrogen (secondary N) is 1. The van der Waals surface area contributed by atoms with Crippen molar-refractivity contribution in [2.75, 3.05) is 30.9 Å². The Kier molecular flexibility index (Phi) is 7.74. The molecule has 1 atom stereocenters. The number of hydrogen-bond donors (Lipinski definition) is 4. The predicted octanol–water partition coefficient (Wildman–Crippen LogP) is 5.76. The van der Waals surface area contributed by atoms with Crippen LogP contribution in [0.4, 0.5) is 5.82 Å². The van der Waals surface area contributed by atoms with E-state index in [0.717, 1.165) is 33.4 Å². The third-order valence-electron chi connectivity index (χ3n) is 7.60. The molecule has 0 aliphatic carbocycles. The van der Waals surface area contributed by atoms with Gasteiger partial charge in [-0.3, -0.25) is 13.9 Å². The van der Waals surface area contributed by atoms with Gasteiger partial charge in [0.15, 0.2) is 0 Å². The summed E-state index contributed by atoms with van der Waals surface area (Å²) in [6.07, 6.45) is 0.486. The van der Waals surface area contributed by atoms with E-state index in [1.54, 1.807) is 31.4 Å². The number of carbonyl (C=O) groups is 1. The second-order valence-corrected chi connectivity index (χ2v) is 12.7. The number of carbonyl (C=O) groups excluding carboxylic acids is 1. The minimum atomic E-state index is -2.90. The van der Waals surface area contributed by atoms with Crippen LogP contribution in [0.5, 0.6) is 5.75 Å². The van der Waals surface area contributed by atoms with E-state index in [0.29, 0.717) is 24.4 Å². The van der Waals surface area contributed by atoms with Crippen molar-refractivity contribution in [1.29, 1.82) is 0 Å². The molecule has 8 nitrogen and oxygen atoms in total. The second-order valence-electron chi connectivity index (χ2n) is 10.5. The summed E-state index contributed by atoms with van der Waals surface area (Å²) in [4.78, 5) is 20.5. The van der Waals surface area contributed by atoms with Gasteiger partial charge in [-0.15, -0.1) is 0 Å². The zero-order valence-corrected chi connectivity index (χ0v) is 23.7. The van der Waals surface area contributed by atoms with Crippen LogP contribution in [0, 0.1) is 6.92 Å². The molecular formula is C31H35N3O5S. The number of ether oxygens (including phenoxy) is 1. The topological polar surface area (TPSA) is 115 Å². The van der Waals surface area contributed by atoms with E-state index in [-0.39, 0.29) is 29.5 Å². The van der Waals surface area contributed by atoms with Gasteiger partial charge < -0.3 is 20.1 Å². The first-order valence-corrected chi connectivity index (χ1v) is 14.9. The number of pyridine rings is 1. The van der Waals surface area contributed by atoms with Crippen LogP contribution in [-0.2, 0) is 17.7 Å². The summed E-state index contributed by atoms with van der Waals surface area (Å²) >= 11 is 0. The number of methoxy groups -OCH3 is 1. The third kappa shape index (κ3) is 5.64. The van der Waals surface area contributed by atoms with Crippen LogP contribution in [0.2, 0.25) is 0 Å². The molecular weight excluding hydrogens is 526 g/mol. The number of fused-ring (bicyclic) bond motifs is 2. The van der Waals surface area contributed by atoms with Crippen molar-refractivity contribution in [2.45, 2.75) is 37.3 Å². The van der Waals surface area contributed by atoms with E-state index in [2.05, 4.69) is 10.2 Å². The van der Waals surface area contributed by atoms with Crippen LogP contribution in [0.1, 0.15) is 34.0 Å². The number of amides is 1. The number of aromatic hydroxyl groups is 1. The van der Waals surface area contributed by atoms with Crippen molar-refractivity contribution in [2.24, 2.45) is 0 Å². The van der Waals surface area contributed by atoms with Crippen LogP contribution in [0.3, 0.4) is 0 Å². The van der Waals surface area contributed by atoms with Crippen LogP contribution >= 0.6 is 10.6 Å². The number of nitrogens with zero attached hydrogens (tertiary/aromatic N) is 2. The van der Waals surface area contributed by atoms with Gasteiger partial charge in [-0.05, 0) is 54.8 Å². The number of phenols is 1. The average molecular weight is 562 g/mol. The van der Waals surface area contributed by atoms with Crippen molar-refractivity contribution in [3.8, 4) is 5.75 Å². The molecule has 1 unspecified atom stereocenters. The highest BCUT2D eigenvalue weighted by molar-refractivity contribution is 8.24. The summed E-state index contributed by atoms with van der Waals surface area (Å²) in [5.41, 5.74) is 3.25. The van der Waals surface area contributed by atoms with Crippen molar-refractivity contribution in [3.05, 3.63) is 95.1 Å². The van der Waals surface area contributed by atoms with Gasteiger partial charge >= 0.3 is 0 Å². The van der Waals surface area contributed by atoms with Gasteiger partial charge in [-0.25, -0.2) is 4.98 Å². The molecule has 0 saturated carbocycles. The molecule has 2 heterocycles. The molecule has 0 fully saturated rings. The summed E-state index contributed by atoms with van der Waals surface area (Å²) in [5, 5.41) is 14.0. The molecule has 1 aromatic heterocycles. The maximum absolute atomic E-state index is 12.8. The summed E-state index contributed by atoms with van der Waals surface area (Å²) in [6, 6.07) is 22.0. The second kappa shape index (κ2) is 11.1. The fourth-order valence-electron chi connectivity index (χ4n) is 5.17. The van der Waals surface area contributed by atoms with Crippen molar-refractivity contribution in [3.63, 3.8) is 0 Å². The lowest BCUT2D eigenvalue weighted by atomic mass is 9.92. The monoisotopic (exact) mass is 561 g/mol. The van der Waals surface area contributed by atoms with Gasteiger partial charge in [-0.1, -0.05) is 48.5 Å². The highest BCUT2D eigenvalue weighted by atomic mass is 32.3. The van der Waals surface area contributed by atoms with E-state index in [4.69, 9.17) is 9.72 Å². The van der Waals surface area contributed by atoms with E-state index < -0.39 is 16.2 Å². The minimum absolute atomic E-state index is 0.0741. The standard InChI is InChI=1S/C31H35N3O5S/c1-21-9-8-12-24-23(18-31(2,39-3)20-32-30(36)25-11-5-6-13-26(25)35)17-28(33-29(21)24)34-15-16-40(37,38)27-14-7-4-10-22(27)19-34/h4-14,17,35,37-38H,15-16,18-20H2,1-3H3,(H,32,36). The number of rotatable bonds is 7. The van der Waals surface area contributed by atoms with Crippen LogP contribution in [0.25, 0.3) is 10.9 Å². The summed E-state index contributed by atoms with van der Waals surface area (Å²) in [5.74, 6) is 0.524. The number of anilines is 1. The fraction of sp³-hybridized carbons (Fsp3) is 0.290. The zero-order chi connectivity index (χ0) is 28.5. The van der Waals surface area contributed by atoms with Gasteiger partial charge in [0.25, 0.3) is 5.91 Å². The lowest BCUT2D eigenvalue weighted by Gasteiger charge is -2.32.